The molecule has 6 heteroatoms. The van der Waals surface area contributed by atoms with Crippen LogP contribution in [0.5, 0.6) is 5.75 Å². The van der Waals surface area contributed by atoms with Crippen molar-refractivity contribution in [1.82, 2.24) is 9.88 Å². The molecule has 23 heavy (non-hydrogen) atoms. The standard InChI is InChI=1S/C17H19N3O3/c1-22-15-5-3-2-4-14(15)19-16-7-6-13(12-18-16)17(21)20-8-10-23-11-9-20/h2-7,12H,8-11H2,1H3,(H,18,19). The van der Waals surface area contributed by atoms with E-state index >= 15 is 0 Å². The van der Waals surface area contributed by atoms with E-state index in [1.54, 1.807) is 30.3 Å². The first kappa shape index (κ1) is 15.3. The van der Waals surface area contributed by atoms with Crippen LogP contribution in [0, 0.1) is 0 Å². The molecule has 1 aromatic carbocycles. The van der Waals surface area contributed by atoms with E-state index in [4.69, 9.17) is 9.47 Å². The van der Waals surface area contributed by atoms with Gasteiger partial charge >= 0.3 is 0 Å². The number of anilines is 2. The second-order valence-electron chi connectivity index (χ2n) is 5.16. The SMILES string of the molecule is COc1ccccc1Nc1ccc(C(=O)N2CCOCC2)cn1. The molecule has 2 heterocycles. The molecule has 1 amide bonds. The molecule has 1 aromatic heterocycles. The lowest BCUT2D eigenvalue weighted by molar-refractivity contribution is 0.0302. The van der Waals surface area contributed by atoms with Gasteiger partial charge in [0.05, 0.1) is 31.6 Å². The summed E-state index contributed by atoms with van der Waals surface area (Å²) in [5.74, 6) is 1.39. The van der Waals surface area contributed by atoms with Crippen molar-refractivity contribution in [3.05, 3.63) is 48.2 Å². The van der Waals surface area contributed by atoms with E-state index in [-0.39, 0.29) is 5.91 Å². The number of morpholine rings is 1. The summed E-state index contributed by atoms with van der Waals surface area (Å²) in [4.78, 5) is 18.5. The van der Waals surface area contributed by atoms with E-state index in [0.717, 1.165) is 11.4 Å². The van der Waals surface area contributed by atoms with Crippen molar-refractivity contribution in [3.63, 3.8) is 0 Å². The molecular formula is C17H19N3O3. The number of hydrogen-bond donors (Lipinski definition) is 1. The number of aromatic nitrogens is 1. The Morgan fingerprint density at radius 3 is 2.70 bits per heavy atom. The van der Waals surface area contributed by atoms with E-state index in [0.29, 0.717) is 37.7 Å². The highest BCUT2D eigenvalue weighted by molar-refractivity contribution is 5.94. The number of pyridine rings is 1. The number of para-hydroxylation sites is 2. The lowest BCUT2D eigenvalue weighted by Crippen LogP contribution is -2.40. The van der Waals surface area contributed by atoms with Gasteiger partial charge in [0.2, 0.25) is 0 Å². The normalized spacial score (nSPS) is 14.4. The first-order valence-electron chi connectivity index (χ1n) is 7.51. The van der Waals surface area contributed by atoms with Gasteiger partial charge in [-0.3, -0.25) is 4.79 Å². The third-order valence-corrected chi connectivity index (χ3v) is 3.68. The molecule has 1 fully saturated rings. The fourth-order valence-electron chi connectivity index (χ4n) is 2.43. The zero-order valence-corrected chi connectivity index (χ0v) is 13.0. The number of nitrogens with zero attached hydrogens (tertiary/aromatic N) is 2. The fourth-order valence-corrected chi connectivity index (χ4v) is 2.43. The molecule has 0 aliphatic carbocycles. The molecule has 120 valence electrons. The van der Waals surface area contributed by atoms with Gasteiger partial charge in [0.15, 0.2) is 0 Å². The third-order valence-electron chi connectivity index (χ3n) is 3.68. The van der Waals surface area contributed by atoms with Gasteiger partial charge in [-0.2, -0.15) is 0 Å². The predicted octanol–water partition coefficient (Wildman–Crippen LogP) is 2.31. The van der Waals surface area contributed by atoms with Crippen LogP contribution < -0.4 is 10.1 Å². The summed E-state index contributed by atoms with van der Waals surface area (Å²) >= 11 is 0. The van der Waals surface area contributed by atoms with Gasteiger partial charge in [0.1, 0.15) is 11.6 Å². The van der Waals surface area contributed by atoms with Crippen molar-refractivity contribution in [2.24, 2.45) is 0 Å². The maximum atomic E-state index is 12.4. The molecular weight excluding hydrogens is 294 g/mol. The Kier molecular flexibility index (Phi) is 4.73. The largest absolute Gasteiger partial charge is 0.495 e. The van der Waals surface area contributed by atoms with Crippen molar-refractivity contribution in [2.45, 2.75) is 0 Å². The van der Waals surface area contributed by atoms with Crippen LogP contribution >= 0.6 is 0 Å². The number of hydrogen-bond acceptors (Lipinski definition) is 5. The third kappa shape index (κ3) is 3.60. The topological polar surface area (TPSA) is 63.7 Å². The van der Waals surface area contributed by atoms with E-state index < -0.39 is 0 Å². The number of benzene rings is 1. The molecule has 0 bridgehead atoms. The van der Waals surface area contributed by atoms with Crippen LogP contribution in [-0.4, -0.2) is 49.2 Å². The predicted molar refractivity (Wildman–Crippen MR) is 87.2 cm³/mol. The second-order valence-corrected chi connectivity index (χ2v) is 5.16. The lowest BCUT2D eigenvalue weighted by atomic mass is 10.2. The van der Waals surface area contributed by atoms with Crippen LogP contribution in [0.2, 0.25) is 0 Å². The molecule has 0 atom stereocenters. The van der Waals surface area contributed by atoms with E-state index in [1.165, 1.54) is 0 Å². The number of amides is 1. The average Bonchev–Trinajstić information content (AvgIpc) is 2.63. The van der Waals surface area contributed by atoms with E-state index in [1.807, 2.05) is 24.3 Å². The van der Waals surface area contributed by atoms with Crippen molar-refractivity contribution >= 4 is 17.4 Å². The zero-order valence-electron chi connectivity index (χ0n) is 13.0. The van der Waals surface area contributed by atoms with Gasteiger partial charge in [-0.15, -0.1) is 0 Å². The van der Waals surface area contributed by atoms with Crippen molar-refractivity contribution < 1.29 is 14.3 Å². The Balaban J connectivity index is 1.70. The van der Waals surface area contributed by atoms with Crippen LogP contribution in [-0.2, 0) is 4.74 Å². The van der Waals surface area contributed by atoms with Gasteiger partial charge in [0.25, 0.3) is 5.91 Å². The van der Waals surface area contributed by atoms with Gasteiger partial charge < -0.3 is 19.7 Å². The van der Waals surface area contributed by atoms with Crippen LogP contribution in [0.4, 0.5) is 11.5 Å². The summed E-state index contributed by atoms with van der Waals surface area (Å²) in [5, 5.41) is 3.19. The first-order chi connectivity index (χ1) is 11.3. The molecule has 0 radical (unpaired) electrons. The first-order valence-corrected chi connectivity index (χ1v) is 7.51. The minimum absolute atomic E-state index is 0.00959. The Morgan fingerprint density at radius 2 is 2.00 bits per heavy atom. The van der Waals surface area contributed by atoms with Crippen molar-refractivity contribution in [3.8, 4) is 5.75 Å². The molecule has 2 aromatic rings. The minimum Gasteiger partial charge on any atom is -0.495 e. The summed E-state index contributed by atoms with van der Waals surface area (Å²) in [7, 11) is 1.62. The van der Waals surface area contributed by atoms with Crippen LogP contribution in [0.3, 0.4) is 0 Å². The number of nitrogens with one attached hydrogen (secondary N) is 1. The molecule has 6 nitrogen and oxygen atoms in total. The second kappa shape index (κ2) is 7.11. The van der Waals surface area contributed by atoms with Gasteiger partial charge in [-0.1, -0.05) is 12.1 Å². The smallest absolute Gasteiger partial charge is 0.255 e. The molecule has 1 aliphatic heterocycles. The summed E-state index contributed by atoms with van der Waals surface area (Å²) in [5.41, 5.74) is 1.41. The summed E-state index contributed by atoms with van der Waals surface area (Å²) < 4.78 is 10.6. The van der Waals surface area contributed by atoms with E-state index in [2.05, 4.69) is 10.3 Å². The quantitative estimate of drug-likeness (QED) is 0.938. The molecule has 1 saturated heterocycles. The number of carbonyl (C=O) groups excluding carboxylic acids is 1. The van der Waals surface area contributed by atoms with Crippen LogP contribution in [0.25, 0.3) is 0 Å². The molecule has 0 unspecified atom stereocenters. The summed E-state index contributed by atoms with van der Waals surface area (Å²) in [6.07, 6.45) is 1.59. The molecule has 0 saturated carbocycles. The maximum Gasteiger partial charge on any atom is 0.255 e. The molecule has 0 spiro atoms. The van der Waals surface area contributed by atoms with Crippen molar-refractivity contribution in [1.29, 1.82) is 0 Å². The fraction of sp³-hybridized carbons (Fsp3) is 0.294. The highest BCUT2D eigenvalue weighted by atomic mass is 16.5. The molecule has 1 aliphatic rings. The zero-order chi connectivity index (χ0) is 16.1. The Morgan fingerprint density at radius 1 is 1.22 bits per heavy atom. The van der Waals surface area contributed by atoms with Crippen LogP contribution in [0.15, 0.2) is 42.6 Å². The van der Waals surface area contributed by atoms with Gasteiger partial charge in [-0.25, -0.2) is 4.98 Å². The monoisotopic (exact) mass is 313 g/mol. The average molecular weight is 313 g/mol. The van der Waals surface area contributed by atoms with Crippen LogP contribution in [0.1, 0.15) is 10.4 Å². The van der Waals surface area contributed by atoms with Gasteiger partial charge in [0, 0.05) is 19.3 Å². The maximum absolute atomic E-state index is 12.4. The highest BCUT2D eigenvalue weighted by Gasteiger charge is 2.18. The Hall–Kier alpha value is -2.60. The Labute approximate surface area is 135 Å². The highest BCUT2D eigenvalue weighted by Crippen LogP contribution is 2.26. The van der Waals surface area contributed by atoms with Gasteiger partial charge in [-0.05, 0) is 24.3 Å². The summed E-state index contributed by atoms with van der Waals surface area (Å²) in [6.45, 7) is 2.43. The number of carbonyl (C=O) groups is 1. The minimum atomic E-state index is -0.00959. The van der Waals surface area contributed by atoms with E-state index in [9.17, 15) is 4.79 Å². The molecule has 1 N–H and O–H groups in total. The number of rotatable bonds is 4. The Bertz CT molecular complexity index is 667. The van der Waals surface area contributed by atoms with Crippen molar-refractivity contribution in [2.75, 3.05) is 38.7 Å². The number of ether oxygens (including phenoxy) is 2. The molecule has 3 rings (SSSR count). The summed E-state index contributed by atoms with van der Waals surface area (Å²) in [6, 6.07) is 11.2. The lowest BCUT2D eigenvalue weighted by Gasteiger charge is -2.26. The number of methoxy groups -OCH3 is 1.